The summed E-state index contributed by atoms with van der Waals surface area (Å²) in [7, 11) is 0. The number of hydrogen-bond donors (Lipinski definition) is 2. The summed E-state index contributed by atoms with van der Waals surface area (Å²) in [5.41, 5.74) is 3.49. The third-order valence-electron chi connectivity index (χ3n) is 4.97. The Morgan fingerprint density at radius 2 is 2.00 bits per heavy atom. The summed E-state index contributed by atoms with van der Waals surface area (Å²) in [6, 6.07) is 8.25. The fourth-order valence-electron chi connectivity index (χ4n) is 3.23. The molecule has 0 saturated heterocycles. The van der Waals surface area contributed by atoms with Crippen molar-refractivity contribution >= 4 is 23.0 Å². The number of nitrogens with zero attached hydrogens (tertiary/aromatic N) is 3. The monoisotopic (exact) mass is 380 g/mol. The second-order valence-electron chi connectivity index (χ2n) is 7.59. The lowest BCUT2D eigenvalue weighted by atomic mass is 9.81. The summed E-state index contributed by atoms with van der Waals surface area (Å²) in [6.07, 6.45) is 6.34. The van der Waals surface area contributed by atoms with Crippen LogP contribution in [0.5, 0.6) is 0 Å². The van der Waals surface area contributed by atoms with Crippen molar-refractivity contribution in [2.75, 3.05) is 5.32 Å². The quantitative estimate of drug-likeness (QED) is 0.641. The van der Waals surface area contributed by atoms with Gasteiger partial charge in [0.1, 0.15) is 10.6 Å². The van der Waals surface area contributed by atoms with Gasteiger partial charge in [0.2, 0.25) is 5.95 Å². The fourth-order valence-corrected chi connectivity index (χ4v) is 4.28. The zero-order valence-electron chi connectivity index (χ0n) is 15.9. The molecule has 27 heavy (non-hydrogen) atoms. The zero-order chi connectivity index (χ0) is 19.0. The Balaban J connectivity index is 1.61. The molecule has 1 fully saturated rings. The second kappa shape index (κ2) is 7.02. The second-order valence-corrected chi connectivity index (χ2v) is 8.62. The van der Waals surface area contributed by atoms with Crippen molar-refractivity contribution < 1.29 is 5.11 Å². The lowest BCUT2D eigenvalue weighted by molar-refractivity contribution is -0.0389. The number of aromatic nitrogens is 3. The van der Waals surface area contributed by atoms with Gasteiger partial charge < -0.3 is 10.4 Å². The summed E-state index contributed by atoms with van der Waals surface area (Å²) >= 11 is 1.58. The van der Waals surface area contributed by atoms with Crippen molar-refractivity contribution in [2.45, 2.75) is 51.6 Å². The molecule has 2 aromatic heterocycles. The van der Waals surface area contributed by atoms with Crippen molar-refractivity contribution in [2.24, 2.45) is 0 Å². The SMILES string of the molecule is Cc1cc(Nc2nccc(C(C)C)n2)cc(-c2cnc(C3(O)CCC3)s2)c1. The molecular weight excluding hydrogens is 356 g/mol. The topological polar surface area (TPSA) is 70.9 Å². The summed E-state index contributed by atoms with van der Waals surface area (Å²) in [4.78, 5) is 14.5. The van der Waals surface area contributed by atoms with Crippen LogP contribution >= 0.6 is 11.3 Å². The molecule has 6 heteroatoms. The van der Waals surface area contributed by atoms with Crippen LogP contribution in [-0.2, 0) is 5.60 Å². The van der Waals surface area contributed by atoms with Crippen LogP contribution in [0.3, 0.4) is 0 Å². The van der Waals surface area contributed by atoms with Gasteiger partial charge in [0.05, 0.1) is 4.88 Å². The number of aryl methyl sites for hydroxylation is 1. The van der Waals surface area contributed by atoms with E-state index in [2.05, 4.69) is 59.2 Å². The Morgan fingerprint density at radius 3 is 2.70 bits per heavy atom. The van der Waals surface area contributed by atoms with E-state index in [4.69, 9.17) is 0 Å². The molecule has 0 atom stereocenters. The highest BCUT2D eigenvalue weighted by Gasteiger charge is 2.39. The molecule has 5 nitrogen and oxygen atoms in total. The van der Waals surface area contributed by atoms with E-state index in [1.54, 1.807) is 17.5 Å². The molecule has 0 unspecified atom stereocenters. The molecular formula is C21H24N4OS. The summed E-state index contributed by atoms with van der Waals surface area (Å²) < 4.78 is 0. The number of aliphatic hydroxyl groups is 1. The first kappa shape index (κ1) is 18.1. The van der Waals surface area contributed by atoms with Crippen LogP contribution < -0.4 is 5.32 Å². The molecule has 4 rings (SSSR count). The molecule has 0 radical (unpaired) electrons. The molecule has 140 valence electrons. The summed E-state index contributed by atoms with van der Waals surface area (Å²) in [5, 5.41) is 14.7. The Morgan fingerprint density at radius 1 is 1.19 bits per heavy atom. The van der Waals surface area contributed by atoms with E-state index in [-0.39, 0.29) is 0 Å². The maximum absolute atomic E-state index is 10.5. The van der Waals surface area contributed by atoms with E-state index in [9.17, 15) is 5.11 Å². The average molecular weight is 381 g/mol. The van der Waals surface area contributed by atoms with Gasteiger partial charge in [0, 0.05) is 23.8 Å². The standard InChI is InChI=1S/C21H24N4OS/c1-13(2)17-5-8-22-20(25-17)24-16-10-14(3)9-15(11-16)18-12-23-19(27-18)21(26)6-4-7-21/h5,8-13,26H,4,6-7H2,1-3H3,(H,22,24,25). The van der Waals surface area contributed by atoms with Crippen LogP contribution in [0.1, 0.15) is 55.3 Å². The van der Waals surface area contributed by atoms with Gasteiger partial charge in [0.25, 0.3) is 0 Å². The van der Waals surface area contributed by atoms with Crippen molar-refractivity contribution in [3.05, 3.63) is 52.9 Å². The molecule has 0 bridgehead atoms. The van der Waals surface area contributed by atoms with Crippen molar-refractivity contribution in [1.82, 2.24) is 15.0 Å². The number of thiazole rings is 1. The van der Waals surface area contributed by atoms with E-state index < -0.39 is 5.60 Å². The first-order valence-corrected chi connectivity index (χ1v) is 10.2. The molecule has 0 amide bonds. The zero-order valence-corrected chi connectivity index (χ0v) is 16.7. The van der Waals surface area contributed by atoms with Crippen LogP contribution in [0.4, 0.5) is 11.6 Å². The number of hydrogen-bond acceptors (Lipinski definition) is 6. The lowest BCUT2D eigenvalue weighted by Crippen LogP contribution is -2.33. The average Bonchev–Trinajstić information content (AvgIpc) is 3.10. The van der Waals surface area contributed by atoms with Gasteiger partial charge in [-0.05, 0) is 61.4 Å². The van der Waals surface area contributed by atoms with Crippen LogP contribution in [0.2, 0.25) is 0 Å². The van der Waals surface area contributed by atoms with Crippen LogP contribution in [0.15, 0.2) is 36.7 Å². The minimum Gasteiger partial charge on any atom is -0.383 e. The largest absolute Gasteiger partial charge is 0.383 e. The molecule has 1 aliphatic rings. The predicted molar refractivity (Wildman–Crippen MR) is 109 cm³/mol. The minimum absolute atomic E-state index is 0.356. The van der Waals surface area contributed by atoms with Crippen molar-refractivity contribution in [1.29, 1.82) is 0 Å². The van der Waals surface area contributed by atoms with E-state index in [1.165, 1.54) is 0 Å². The predicted octanol–water partition coefficient (Wildman–Crippen LogP) is 5.15. The van der Waals surface area contributed by atoms with Gasteiger partial charge in [-0.15, -0.1) is 11.3 Å². The van der Waals surface area contributed by atoms with Gasteiger partial charge >= 0.3 is 0 Å². The highest BCUT2D eigenvalue weighted by atomic mass is 32.1. The fraction of sp³-hybridized carbons (Fsp3) is 0.381. The number of anilines is 2. The third-order valence-corrected chi connectivity index (χ3v) is 6.21. The minimum atomic E-state index is -0.709. The van der Waals surface area contributed by atoms with Gasteiger partial charge in [-0.2, -0.15) is 0 Å². The highest BCUT2D eigenvalue weighted by molar-refractivity contribution is 7.15. The molecule has 1 aromatic carbocycles. The van der Waals surface area contributed by atoms with E-state index in [0.29, 0.717) is 11.9 Å². The first-order chi connectivity index (χ1) is 12.9. The maximum atomic E-state index is 10.5. The highest BCUT2D eigenvalue weighted by Crippen LogP contribution is 2.44. The Kier molecular flexibility index (Phi) is 4.70. The number of benzene rings is 1. The smallest absolute Gasteiger partial charge is 0.227 e. The Hall–Kier alpha value is -2.31. The molecule has 1 aliphatic carbocycles. The van der Waals surface area contributed by atoms with Gasteiger partial charge in [-0.1, -0.05) is 19.9 Å². The molecule has 1 saturated carbocycles. The molecule has 0 aliphatic heterocycles. The normalized spacial score (nSPS) is 15.6. The number of rotatable bonds is 5. The van der Waals surface area contributed by atoms with Gasteiger partial charge in [-0.25, -0.2) is 15.0 Å². The van der Waals surface area contributed by atoms with Crippen LogP contribution in [0.25, 0.3) is 10.4 Å². The number of nitrogens with one attached hydrogen (secondary N) is 1. The first-order valence-electron chi connectivity index (χ1n) is 9.34. The Bertz CT molecular complexity index is 962. The lowest BCUT2D eigenvalue weighted by Gasteiger charge is -2.34. The van der Waals surface area contributed by atoms with E-state index in [0.717, 1.165) is 51.7 Å². The van der Waals surface area contributed by atoms with Crippen molar-refractivity contribution in [3.8, 4) is 10.4 Å². The molecule has 0 spiro atoms. The maximum Gasteiger partial charge on any atom is 0.227 e. The Labute approximate surface area is 163 Å². The van der Waals surface area contributed by atoms with Crippen molar-refractivity contribution in [3.63, 3.8) is 0 Å². The molecule has 3 aromatic rings. The van der Waals surface area contributed by atoms with E-state index in [1.807, 2.05) is 12.3 Å². The summed E-state index contributed by atoms with van der Waals surface area (Å²) in [5.74, 6) is 0.959. The molecule has 2 heterocycles. The summed E-state index contributed by atoms with van der Waals surface area (Å²) in [6.45, 7) is 6.31. The van der Waals surface area contributed by atoms with E-state index >= 15 is 0 Å². The molecule has 2 N–H and O–H groups in total. The van der Waals surface area contributed by atoms with Gasteiger partial charge in [-0.3, -0.25) is 0 Å². The van der Waals surface area contributed by atoms with Crippen LogP contribution in [0, 0.1) is 6.92 Å². The van der Waals surface area contributed by atoms with Gasteiger partial charge in [0.15, 0.2) is 0 Å². The third kappa shape index (κ3) is 3.73. The van der Waals surface area contributed by atoms with Crippen LogP contribution in [-0.4, -0.2) is 20.1 Å².